The van der Waals surface area contributed by atoms with Crippen molar-refractivity contribution in [3.8, 4) is 0 Å². The number of nitrogens with zero attached hydrogens (tertiary/aromatic N) is 2. The monoisotopic (exact) mass is 374 g/mol. The van der Waals surface area contributed by atoms with Gasteiger partial charge in [-0.2, -0.15) is 0 Å². The number of amides is 1. The summed E-state index contributed by atoms with van der Waals surface area (Å²) in [6, 6.07) is 13.1. The number of aliphatic imine (C=N–C) groups is 1. The van der Waals surface area contributed by atoms with E-state index in [9.17, 15) is 4.79 Å². The zero-order chi connectivity index (χ0) is 16.7. The standard InChI is InChI=1S/C18H12Cl2N2OS/c19-14-6-5-11(10-15(14)20)9-13-12-3-1-2-4-16(12)22(17(13)23)18-21-7-8-24-18/h1-6,9-10H,7-8H2/b13-9-. The van der Waals surface area contributed by atoms with Gasteiger partial charge in [0.2, 0.25) is 0 Å². The minimum absolute atomic E-state index is 0.0598. The van der Waals surface area contributed by atoms with Crippen molar-refractivity contribution in [1.82, 2.24) is 0 Å². The van der Waals surface area contributed by atoms with Crippen LogP contribution in [0.2, 0.25) is 10.0 Å². The number of thioether (sulfide) groups is 1. The summed E-state index contributed by atoms with van der Waals surface area (Å²) in [4.78, 5) is 19.2. The van der Waals surface area contributed by atoms with Gasteiger partial charge in [0.1, 0.15) is 0 Å². The van der Waals surface area contributed by atoms with Crippen molar-refractivity contribution in [2.45, 2.75) is 0 Å². The largest absolute Gasteiger partial charge is 0.268 e. The highest BCUT2D eigenvalue weighted by molar-refractivity contribution is 8.14. The van der Waals surface area contributed by atoms with E-state index in [0.717, 1.165) is 34.3 Å². The average Bonchev–Trinajstić information content (AvgIpc) is 3.18. The Kier molecular flexibility index (Phi) is 4.12. The van der Waals surface area contributed by atoms with Crippen LogP contribution >= 0.6 is 35.0 Å². The van der Waals surface area contributed by atoms with E-state index >= 15 is 0 Å². The van der Waals surface area contributed by atoms with Crippen molar-refractivity contribution in [2.24, 2.45) is 4.99 Å². The molecule has 24 heavy (non-hydrogen) atoms. The predicted octanol–water partition coefficient (Wildman–Crippen LogP) is 4.98. The van der Waals surface area contributed by atoms with Gasteiger partial charge in [-0.1, -0.05) is 59.2 Å². The third kappa shape index (κ3) is 2.65. The Morgan fingerprint density at radius 1 is 1.12 bits per heavy atom. The summed E-state index contributed by atoms with van der Waals surface area (Å²) in [5.74, 6) is 0.850. The topological polar surface area (TPSA) is 32.7 Å². The van der Waals surface area contributed by atoms with E-state index in [2.05, 4.69) is 4.99 Å². The SMILES string of the molecule is O=C1/C(=C\c2ccc(Cl)c(Cl)c2)c2ccccc2N1C1=NCCS1. The quantitative estimate of drug-likeness (QED) is 0.659. The number of carbonyl (C=O) groups excluding carboxylic acids is 1. The molecule has 2 aromatic carbocycles. The molecule has 0 N–H and O–H groups in total. The van der Waals surface area contributed by atoms with E-state index in [4.69, 9.17) is 23.2 Å². The Balaban J connectivity index is 1.82. The molecule has 2 aliphatic rings. The first-order valence-electron chi connectivity index (χ1n) is 7.43. The van der Waals surface area contributed by atoms with E-state index in [1.807, 2.05) is 36.4 Å². The number of benzene rings is 2. The van der Waals surface area contributed by atoms with Crippen molar-refractivity contribution in [3.05, 3.63) is 63.6 Å². The lowest BCUT2D eigenvalue weighted by molar-refractivity contribution is -0.112. The molecule has 0 radical (unpaired) electrons. The smallest absolute Gasteiger partial charge is 0.265 e. The predicted molar refractivity (Wildman–Crippen MR) is 103 cm³/mol. The highest BCUT2D eigenvalue weighted by Gasteiger charge is 2.36. The van der Waals surface area contributed by atoms with Gasteiger partial charge in [-0.15, -0.1) is 0 Å². The van der Waals surface area contributed by atoms with Crippen molar-refractivity contribution in [1.29, 1.82) is 0 Å². The fraction of sp³-hybridized carbons (Fsp3) is 0.111. The molecule has 0 saturated carbocycles. The molecule has 2 aromatic rings. The Hall–Kier alpha value is -1.75. The summed E-state index contributed by atoms with van der Waals surface area (Å²) in [5, 5.41) is 1.73. The normalized spacial score (nSPS) is 18.2. The first-order valence-corrected chi connectivity index (χ1v) is 9.17. The summed E-state index contributed by atoms with van der Waals surface area (Å²) < 4.78 is 0. The van der Waals surface area contributed by atoms with Crippen LogP contribution < -0.4 is 4.90 Å². The van der Waals surface area contributed by atoms with Gasteiger partial charge in [0.25, 0.3) is 5.91 Å². The van der Waals surface area contributed by atoms with Gasteiger partial charge >= 0.3 is 0 Å². The Morgan fingerprint density at radius 3 is 2.71 bits per heavy atom. The van der Waals surface area contributed by atoms with E-state index in [1.165, 1.54) is 0 Å². The maximum Gasteiger partial charge on any atom is 0.265 e. The molecule has 2 heterocycles. The molecule has 0 unspecified atom stereocenters. The fourth-order valence-electron chi connectivity index (χ4n) is 2.80. The summed E-state index contributed by atoms with van der Waals surface area (Å²) >= 11 is 13.7. The maximum atomic E-state index is 13.0. The highest BCUT2D eigenvalue weighted by Crippen LogP contribution is 2.40. The molecule has 0 spiro atoms. The number of para-hydroxylation sites is 1. The van der Waals surface area contributed by atoms with Crippen LogP contribution in [0.1, 0.15) is 11.1 Å². The molecule has 0 aliphatic carbocycles. The van der Waals surface area contributed by atoms with E-state index in [1.54, 1.807) is 28.8 Å². The third-order valence-electron chi connectivity index (χ3n) is 3.88. The number of hydrogen-bond donors (Lipinski definition) is 0. The van der Waals surface area contributed by atoms with Gasteiger partial charge < -0.3 is 0 Å². The van der Waals surface area contributed by atoms with Crippen LogP contribution in [0.25, 0.3) is 11.6 Å². The van der Waals surface area contributed by atoms with Crippen LogP contribution in [0.4, 0.5) is 5.69 Å². The Labute approximate surface area is 154 Å². The second kappa shape index (κ2) is 6.28. The van der Waals surface area contributed by atoms with Crippen molar-refractivity contribution in [3.63, 3.8) is 0 Å². The van der Waals surface area contributed by atoms with Crippen LogP contribution in [0.5, 0.6) is 0 Å². The number of anilines is 1. The Bertz CT molecular complexity index is 908. The minimum atomic E-state index is -0.0598. The first-order chi connectivity index (χ1) is 11.6. The molecule has 6 heteroatoms. The molecule has 4 rings (SSSR count). The Morgan fingerprint density at radius 2 is 1.96 bits per heavy atom. The van der Waals surface area contributed by atoms with Crippen molar-refractivity contribution < 1.29 is 4.79 Å². The van der Waals surface area contributed by atoms with Crippen LogP contribution in [0.3, 0.4) is 0 Å². The molecule has 2 aliphatic heterocycles. The van der Waals surface area contributed by atoms with Gasteiger partial charge in [-0.3, -0.25) is 14.7 Å². The van der Waals surface area contributed by atoms with Crippen LogP contribution in [0.15, 0.2) is 47.5 Å². The van der Waals surface area contributed by atoms with Gasteiger partial charge in [0, 0.05) is 11.3 Å². The van der Waals surface area contributed by atoms with E-state index in [-0.39, 0.29) is 5.91 Å². The van der Waals surface area contributed by atoms with E-state index in [0.29, 0.717) is 15.6 Å². The molecule has 0 bridgehead atoms. The third-order valence-corrected chi connectivity index (χ3v) is 5.58. The molecule has 0 atom stereocenters. The van der Waals surface area contributed by atoms with Crippen molar-refractivity contribution in [2.75, 3.05) is 17.2 Å². The van der Waals surface area contributed by atoms with Crippen LogP contribution in [0, 0.1) is 0 Å². The number of halogens is 2. The van der Waals surface area contributed by atoms with Gasteiger partial charge in [-0.25, -0.2) is 0 Å². The number of carbonyl (C=O) groups is 1. The first kappa shape index (κ1) is 15.8. The van der Waals surface area contributed by atoms with Crippen LogP contribution in [-0.2, 0) is 4.79 Å². The molecular weight excluding hydrogens is 363 g/mol. The molecule has 120 valence electrons. The van der Waals surface area contributed by atoms with Gasteiger partial charge in [-0.05, 0) is 29.8 Å². The summed E-state index contributed by atoms with van der Waals surface area (Å²) in [6.45, 7) is 0.748. The summed E-state index contributed by atoms with van der Waals surface area (Å²) in [5.41, 5.74) is 3.26. The second-order valence-electron chi connectivity index (χ2n) is 5.40. The lowest BCUT2D eigenvalue weighted by atomic mass is 10.0. The minimum Gasteiger partial charge on any atom is -0.268 e. The summed E-state index contributed by atoms with van der Waals surface area (Å²) in [7, 11) is 0. The fourth-order valence-corrected chi connectivity index (χ4v) is 3.96. The molecule has 0 saturated heterocycles. The average molecular weight is 375 g/mol. The maximum absolute atomic E-state index is 13.0. The molecule has 3 nitrogen and oxygen atoms in total. The van der Waals surface area contributed by atoms with Crippen molar-refractivity contribution >= 4 is 63.4 Å². The summed E-state index contributed by atoms with van der Waals surface area (Å²) in [6.07, 6.45) is 1.85. The molecule has 0 aromatic heterocycles. The second-order valence-corrected chi connectivity index (χ2v) is 7.28. The number of hydrogen-bond acceptors (Lipinski definition) is 3. The lowest BCUT2D eigenvalue weighted by Gasteiger charge is -2.15. The zero-order valence-electron chi connectivity index (χ0n) is 12.5. The molecule has 0 fully saturated rings. The lowest BCUT2D eigenvalue weighted by Crippen LogP contribution is -2.30. The van der Waals surface area contributed by atoms with Gasteiger partial charge in [0.05, 0.1) is 27.9 Å². The highest BCUT2D eigenvalue weighted by atomic mass is 35.5. The molecular formula is C18H12Cl2N2OS. The number of fused-ring (bicyclic) bond motifs is 1. The van der Waals surface area contributed by atoms with E-state index < -0.39 is 0 Å². The zero-order valence-corrected chi connectivity index (χ0v) is 14.8. The van der Waals surface area contributed by atoms with Crippen LogP contribution in [-0.4, -0.2) is 23.4 Å². The number of amidine groups is 1. The number of rotatable bonds is 1. The van der Waals surface area contributed by atoms with Gasteiger partial charge in [0.15, 0.2) is 5.17 Å². The molecule has 1 amide bonds.